The standard InChI is InChI=1S/C15H20N2O2S2/c1-3-16-11-14-9-10-15(20-14)21(18,19)17(2)12-13-7-5-4-6-8-13/h4-10,16H,3,11-12H2,1-2H3. The molecule has 2 aromatic rings. The van der Waals surface area contributed by atoms with Crippen LogP contribution in [-0.2, 0) is 23.1 Å². The van der Waals surface area contributed by atoms with E-state index in [-0.39, 0.29) is 0 Å². The predicted molar refractivity (Wildman–Crippen MR) is 86.8 cm³/mol. The molecule has 0 aliphatic rings. The lowest BCUT2D eigenvalue weighted by Crippen LogP contribution is -2.25. The Morgan fingerprint density at radius 3 is 2.52 bits per heavy atom. The average molecular weight is 324 g/mol. The van der Waals surface area contributed by atoms with Crippen molar-refractivity contribution in [2.45, 2.75) is 24.2 Å². The third-order valence-corrected chi connectivity index (χ3v) is 6.45. The van der Waals surface area contributed by atoms with Gasteiger partial charge in [0, 0.05) is 25.0 Å². The minimum absolute atomic E-state index is 0.379. The lowest BCUT2D eigenvalue weighted by Gasteiger charge is -2.16. The highest BCUT2D eigenvalue weighted by molar-refractivity contribution is 7.91. The second-order valence-corrected chi connectivity index (χ2v) is 8.19. The van der Waals surface area contributed by atoms with E-state index in [9.17, 15) is 8.42 Å². The SMILES string of the molecule is CCNCc1ccc(S(=O)(=O)N(C)Cc2ccccc2)s1. The topological polar surface area (TPSA) is 49.4 Å². The molecule has 0 aliphatic carbocycles. The van der Waals surface area contributed by atoms with Crippen molar-refractivity contribution in [3.63, 3.8) is 0 Å². The molecule has 1 aromatic heterocycles. The van der Waals surface area contributed by atoms with Crippen LogP contribution in [0.25, 0.3) is 0 Å². The van der Waals surface area contributed by atoms with Crippen LogP contribution in [0.2, 0.25) is 0 Å². The molecule has 0 saturated heterocycles. The van der Waals surface area contributed by atoms with Gasteiger partial charge in [0.1, 0.15) is 4.21 Å². The molecule has 0 radical (unpaired) electrons. The summed E-state index contributed by atoms with van der Waals surface area (Å²) in [6, 6.07) is 13.2. The van der Waals surface area contributed by atoms with E-state index >= 15 is 0 Å². The maximum absolute atomic E-state index is 12.5. The fourth-order valence-corrected chi connectivity index (χ4v) is 4.61. The van der Waals surface area contributed by atoms with E-state index in [4.69, 9.17) is 0 Å². The molecular formula is C15H20N2O2S2. The molecule has 21 heavy (non-hydrogen) atoms. The van der Waals surface area contributed by atoms with Gasteiger partial charge in [0.2, 0.25) is 0 Å². The summed E-state index contributed by atoms with van der Waals surface area (Å²) in [6.45, 7) is 3.98. The van der Waals surface area contributed by atoms with Gasteiger partial charge < -0.3 is 5.32 Å². The van der Waals surface area contributed by atoms with Gasteiger partial charge in [0.15, 0.2) is 0 Å². The highest BCUT2D eigenvalue weighted by Gasteiger charge is 2.22. The first kappa shape index (κ1) is 16.2. The first-order valence-corrected chi connectivity index (χ1v) is 9.09. The van der Waals surface area contributed by atoms with E-state index in [0.717, 1.165) is 17.0 Å². The van der Waals surface area contributed by atoms with Crippen molar-refractivity contribution in [2.24, 2.45) is 0 Å². The number of rotatable bonds is 7. The molecule has 0 bridgehead atoms. The lowest BCUT2D eigenvalue weighted by atomic mass is 10.2. The fourth-order valence-electron chi connectivity index (χ4n) is 1.92. The van der Waals surface area contributed by atoms with Gasteiger partial charge in [0.25, 0.3) is 10.0 Å². The van der Waals surface area contributed by atoms with Crippen molar-refractivity contribution in [1.82, 2.24) is 9.62 Å². The molecule has 6 heteroatoms. The Hall–Kier alpha value is -1.21. The molecular weight excluding hydrogens is 304 g/mol. The van der Waals surface area contributed by atoms with Crippen molar-refractivity contribution in [3.8, 4) is 0 Å². The molecule has 1 aromatic carbocycles. The maximum atomic E-state index is 12.5. The molecule has 114 valence electrons. The highest BCUT2D eigenvalue weighted by atomic mass is 32.2. The summed E-state index contributed by atoms with van der Waals surface area (Å²) < 4.78 is 26.9. The van der Waals surface area contributed by atoms with Gasteiger partial charge in [-0.25, -0.2) is 8.42 Å². The van der Waals surface area contributed by atoms with Gasteiger partial charge >= 0.3 is 0 Å². The largest absolute Gasteiger partial charge is 0.312 e. The Bertz CT molecular complexity index is 666. The number of nitrogens with one attached hydrogen (secondary N) is 1. The molecule has 1 N–H and O–H groups in total. The summed E-state index contributed by atoms with van der Waals surface area (Å²) in [5.74, 6) is 0. The monoisotopic (exact) mass is 324 g/mol. The summed E-state index contributed by atoms with van der Waals surface area (Å²) in [6.07, 6.45) is 0. The number of benzene rings is 1. The second kappa shape index (κ2) is 7.17. The van der Waals surface area contributed by atoms with Crippen LogP contribution in [0.1, 0.15) is 17.4 Å². The zero-order valence-electron chi connectivity index (χ0n) is 12.2. The van der Waals surface area contributed by atoms with Crippen LogP contribution in [-0.4, -0.2) is 26.3 Å². The number of thiophene rings is 1. The summed E-state index contributed by atoms with van der Waals surface area (Å²) in [5, 5.41) is 3.20. The van der Waals surface area contributed by atoms with Crippen molar-refractivity contribution in [2.75, 3.05) is 13.6 Å². The Labute approximate surface area is 130 Å². The fraction of sp³-hybridized carbons (Fsp3) is 0.333. The molecule has 2 rings (SSSR count). The van der Waals surface area contributed by atoms with Gasteiger partial charge in [-0.2, -0.15) is 4.31 Å². The summed E-state index contributed by atoms with van der Waals surface area (Å²) in [4.78, 5) is 1.03. The number of hydrogen-bond donors (Lipinski definition) is 1. The molecule has 0 fully saturated rings. The Kier molecular flexibility index (Phi) is 5.52. The number of hydrogen-bond acceptors (Lipinski definition) is 4. The Morgan fingerprint density at radius 2 is 1.86 bits per heavy atom. The zero-order valence-corrected chi connectivity index (χ0v) is 13.9. The van der Waals surface area contributed by atoms with E-state index in [1.54, 1.807) is 13.1 Å². The molecule has 0 amide bonds. The Morgan fingerprint density at radius 1 is 1.14 bits per heavy atom. The first-order valence-electron chi connectivity index (χ1n) is 6.83. The van der Waals surface area contributed by atoms with Crippen molar-refractivity contribution in [3.05, 3.63) is 52.9 Å². The van der Waals surface area contributed by atoms with Crippen molar-refractivity contribution >= 4 is 21.4 Å². The minimum atomic E-state index is -3.42. The van der Waals surface area contributed by atoms with E-state index in [1.165, 1.54) is 15.6 Å². The Balaban J connectivity index is 2.11. The van der Waals surface area contributed by atoms with Gasteiger partial charge in [-0.1, -0.05) is 37.3 Å². The molecule has 1 heterocycles. The van der Waals surface area contributed by atoms with E-state index in [0.29, 0.717) is 17.3 Å². The summed E-state index contributed by atoms with van der Waals surface area (Å²) in [5.41, 5.74) is 0.980. The van der Waals surface area contributed by atoms with Crippen LogP contribution in [0.3, 0.4) is 0 Å². The molecule has 0 spiro atoms. The summed E-state index contributed by atoms with van der Waals surface area (Å²) >= 11 is 1.33. The zero-order chi connectivity index (χ0) is 15.3. The third kappa shape index (κ3) is 4.14. The van der Waals surface area contributed by atoms with Gasteiger partial charge in [-0.15, -0.1) is 11.3 Å². The van der Waals surface area contributed by atoms with E-state index in [1.807, 2.05) is 43.3 Å². The quantitative estimate of drug-likeness (QED) is 0.852. The van der Waals surface area contributed by atoms with E-state index < -0.39 is 10.0 Å². The maximum Gasteiger partial charge on any atom is 0.252 e. The van der Waals surface area contributed by atoms with Crippen LogP contribution in [0.5, 0.6) is 0 Å². The van der Waals surface area contributed by atoms with Gasteiger partial charge in [0.05, 0.1) is 0 Å². The molecule has 4 nitrogen and oxygen atoms in total. The minimum Gasteiger partial charge on any atom is -0.312 e. The number of sulfonamides is 1. The highest BCUT2D eigenvalue weighted by Crippen LogP contribution is 2.25. The molecule has 0 aliphatic heterocycles. The average Bonchev–Trinajstić information content (AvgIpc) is 2.95. The number of nitrogens with zero attached hydrogens (tertiary/aromatic N) is 1. The van der Waals surface area contributed by atoms with E-state index in [2.05, 4.69) is 5.32 Å². The van der Waals surface area contributed by atoms with Crippen molar-refractivity contribution in [1.29, 1.82) is 0 Å². The van der Waals surface area contributed by atoms with Crippen molar-refractivity contribution < 1.29 is 8.42 Å². The van der Waals surface area contributed by atoms with Crippen LogP contribution >= 0.6 is 11.3 Å². The second-order valence-electron chi connectivity index (χ2n) is 4.75. The smallest absolute Gasteiger partial charge is 0.252 e. The summed E-state index contributed by atoms with van der Waals surface area (Å²) in [7, 11) is -1.80. The van der Waals surface area contributed by atoms with Crippen LogP contribution < -0.4 is 5.32 Å². The normalized spacial score (nSPS) is 12.0. The lowest BCUT2D eigenvalue weighted by molar-refractivity contribution is 0.468. The first-order chi connectivity index (χ1) is 10.0. The molecule has 0 saturated carbocycles. The van der Waals surface area contributed by atoms with Crippen LogP contribution in [0, 0.1) is 0 Å². The predicted octanol–water partition coefficient (Wildman–Crippen LogP) is 2.68. The van der Waals surface area contributed by atoms with Crippen LogP contribution in [0.4, 0.5) is 0 Å². The molecule has 0 unspecified atom stereocenters. The van der Waals surface area contributed by atoms with Gasteiger partial charge in [-0.05, 0) is 24.2 Å². The van der Waals surface area contributed by atoms with Gasteiger partial charge in [-0.3, -0.25) is 0 Å². The molecule has 0 atom stereocenters. The third-order valence-electron chi connectivity index (χ3n) is 3.10. The van der Waals surface area contributed by atoms with Crippen LogP contribution in [0.15, 0.2) is 46.7 Å².